The van der Waals surface area contributed by atoms with Crippen LogP contribution in [0.3, 0.4) is 0 Å². The maximum Gasteiger partial charge on any atom is 0.243 e. The van der Waals surface area contributed by atoms with E-state index in [-0.39, 0.29) is 18.2 Å². The van der Waals surface area contributed by atoms with Crippen molar-refractivity contribution in [1.29, 1.82) is 0 Å². The number of halogens is 1. The molecule has 0 saturated heterocycles. The van der Waals surface area contributed by atoms with Crippen LogP contribution in [0.25, 0.3) is 0 Å². The van der Waals surface area contributed by atoms with Gasteiger partial charge < -0.3 is 10.2 Å². The highest BCUT2D eigenvalue weighted by molar-refractivity contribution is 6.30. The predicted octanol–water partition coefficient (Wildman–Crippen LogP) is 3.24. The number of aromatic nitrogens is 2. The van der Waals surface area contributed by atoms with Crippen LogP contribution in [0.5, 0.6) is 0 Å². The van der Waals surface area contributed by atoms with Gasteiger partial charge in [0.1, 0.15) is 11.2 Å². The Morgan fingerprint density at radius 1 is 1.07 bits per heavy atom. The summed E-state index contributed by atoms with van der Waals surface area (Å²) in [6.45, 7) is 0.406. The van der Waals surface area contributed by atoms with E-state index in [1.165, 1.54) is 0 Å². The van der Waals surface area contributed by atoms with Crippen LogP contribution >= 0.6 is 11.6 Å². The molecule has 1 spiro atoms. The Morgan fingerprint density at radius 3 is 2.67 bits per heavy atom. The summed E-state index contributed by atoms with van der Waals surface area (Å²) in [6.07, 6.45) is 1.70. The second kappa shape index (κ2) is 5.69. The monoisotopic (exact) mass is 378 g/mol. The smallest absolute Gasteiger partial charge is 0.243 e. The molecule has 0 bridgehead atoms. The number of rotatable bonds is 2. The van der Waals surface area contributed by atoms with Crippen molar-refractivity contribution in [3.05, 3.63) is 76.4 Å². The van der Waals surface area contributed by atoms with Crippen LogP contribution in [0.4, 0.5) is 11.5 Å². The van der Waals surface area contributed by atoms with Crippen molar-refractivity contribution in [2.45, 2.75) is 18.4 Å². The summed E-state index contributed by atoms with van der Waals surface area (Å²) in [6, 6.07) is 15.1. The van der Waals surface area contributed by atoms with Crippen LogP contribution in [-0.2, 0) is 21.5 Å². The number of anilines is 2. The van der Waals surface area contributed by atoms with E-state index >= 15 is 0 Å². The van der Waals surface area contributed by atoms with Crippen molar-refractivity contribution < 1.29 is 9.59 Å². The molecule has 0 fully saturated rings. The zero-order valence-corrected chi connectivity index (χ0v) is 15.0. The van der Waals surface area contributed by atoms with Gasteiger partial charge >= 0.3 is 0 Å². The molecule has 27 heavy (non-hydrogen) atoms. The number of carbonyl (C=O) groups excluding carboxylic acids is 2. The summed E-state index contributed by atoms with van der Waals surface area (Å²) < 4.78 is 0. The summed E-state index contributed by atoms with van der Waals surface area (Å²) in [5, 5.41) is 10.3. The molecule has 2 N–H and O–H groups in total. The third-order valence-electron chi connectivity index (χ3n) is 5.31. The topological polar surface area (TPSA) is 78.1 Å². The summed E-state index contributed by atoms with van der Waals surface area (Å²) >= 11 is 5.98. The molecule has 5 rings (SSSR count). The number of hydrogen-bond donors (Lipinski definition) is 2. The summed E-state index contributed by atoms with van der Waals surface area (Å²) in [5.41, 5.74) is 2.28. The normalized spacial score (nSPS) is 20.6. The molecular formula is C20H15ClN4O2. The highest BCUT2D eigenvalue weighted by Gasteiger charge is 2.56. The fraction of sp³-hybridized carbons (Fsp3) is 0.150. The number of amides is 2. The van der Waals surface area contributed by atoms with Crippen molar-refractivity contribution in [2.24, 2.45) is 0 Å². The lowest BCUT2D eigenvalue weighted by molar-refractivity contribution is -0.126. The maximum absolute atomic E-state index is 13.7. The van der Waals surface area contributed by atoms with E-state index in [0.29, 0.717) is 22.9 Å². The molecule has 2 amide bonds. The number of H-pyrrole nitrogens is 1. The standard InChI is InChI=1S/C20H15ClN4O2/c21-13-7-5-12(6-8-13)11-25-16-4-2-1-3-14(16)20(19(25)27)9-17(26)23-18-15(20)10-22-24-18/h1-8,10H,9,11H2,(H2,22,23,24,26). The van der Waals surface area contributed by atoms with E-state index in [2.05, 4.69) is 15.5 Å². The minimum atomic E-state index is -1.05. The van der Waals surface area contributed by atoms with E-state index < -0.39 is 5.41 Å². The molecule has 6 nitrogen and oxygen atoms in total. The molecule has 2 aliphatic rings. The highest BCUT2D eigenvalue weighted by Crippen LogP contribution is 2.51. The predicted molar refractivity (Wildman–Crippen MR) is 102 cm³/mol. The Labute approximate surface area is 160 Å². The van der Waals surface area contributed by atoms with E-state index in [0.717, 1.165) is 16.8 Å². The molecule has 3 aromatic rings. The summed E-state index contributed by atoms with van der Waals surface area (Å²) in [5.74, 6) is 0.169. The average molecular weight is 379 g/mol. The summed E-state index contributed by atoms with van der Waals surface area (Å²) in [7, 11) is 0. The molecule has 1 unspecified atom stereocenters. The molecular weight excluding hydrogens is 364 g/mol. The van der Waals surface area contributed by atoms with Crippen molar-refractivity contribution in [2.75, 3.05) is 10.2 Å². The van der Waals surface area contributed by atoms with Crippen molar-refractivity contribution >= 4 is 34.9 Å². The van der Waals surface area contributed by atoms with E-state index in [9.17, 15) is 9.59 Å². The van der Waals surface area contributed by atoms with Crippen LogP contribution in [0, 0.1) is 0 Å². The number of hydrogen-bond acceptors (Lipinski definition) is 3. The Hall–Kier alpha value is -3.12. The first kappa shape index (κ1) is 16.1. The Kier molecular flexibility index (Phi) is 3.39. The van der Waals surface area contributed by atoms with Gasteiger partial charge in [-0.05, 0) is 29.3 Å². The second-order valence-corrected chi connectivity index (χ2v) is 7.26. The molecule has 7 heteroatoms. The number of fused-ring (bicyclic) bond motifs is 4. The fourth-order valence-corrected chi connectivity index (χ4v) is 4.24. The SMILES string of the molecule is O=C1CC2(C(=O)N(Cc3ccc(Cl)cc3)c3ccccc32)c2cn[nH]c2N1. The first-order chi connectivity index (χ1) is 13.1. The number of benzene rings is 2. The molecule has 1 aromatic heterocycles. The van der Waals surface area contributed by atoms with Gasteiger partial charge in [-0.15, -0.1) is 0 Å². The molecule has 0 saturated carbocycles. The molecule has 0 aliphatic carbocycles. The Morgan fingerprint density at radius 2 is 1.85 bits per heavy atom. The number of nitrogens with one attached hydrogen (secondary N) is 2. The van der Waals surface area contributed by atoms with Gasteiger partial charge in [0.2, 0.25) is 11.8 Å². The lowest BCUT2D eigenvalue weighted by Gasteiger charge is -2.31. The minimum Gasteiger partial charge on any atom is -0.311 e. The number of aromatic amines is 1. The zero-order valence-electron chi connectivity index (χ0n) is 14.2. The molecule has 134 valence electrons. The molecule has 2 aliphatic heterocycles. The van der Waals surface area contributed by atoms with Crippen LogP contribution in [0.1, 0.15) is 23.1 Å². The van der Waals surface area contributed by atoms with Gasteiger partial charge in [-0.1, -0.05) is 41.9 Å². The van der Waals surface area contributed by atoms with Crippen molar-refractivity contribution in [3.8, 4) is 0 Å². The molecule has 0 radical (unpaired) electrons. The van der Waals surface area contributed by atoms with Crippen LogP contribution < -0.4 is 10.2 Å². The van der Waals surface area contributed by atoms with Crippen LogP contribution in [-0.4, -0.2) is 22.0 Å². The number of para-hydroxylation sites is 1. The maximum atomic E-state index is 13.7. The number of nitrogens with zero attached hydrogens (tertiary/aromatic N) is 2. The highest BCUT2D eigenvalue weighted by atomic mass is 35.5. The second-order valence-electron chi connectivity index (χ2n) is 6.82. The van der Waals surface area contributed by atoms with E-state index in [1.54, 1.807) is 23.2 Å². The molecule has 1 atom stereocenters. The van der Waals surface area contributed by atoms with Crippen molar-refractivity contribution in [1.82, 2.24) is 10.2 Å². The van der Waals surface area contributed by atoms with Crippen LogP contribution in [0.2, 0.25) is 5.02 Å². The quantitative estimate of drug-likeness (QED) is 0.718. The fourth-order valence-electron chi connectivity index (χ4n) is 4.11. The van der Waals surface area contributed by atoms with Gasteiger partial charge in [-0.25, -0.2) is 0 Å². The minimum absolute atomic E-state index is 0.0620. The van der Waals surface area contributed by atoms with Crippen LogP contribution in [0.15, 0.2) is 54.7 Å². The van der Waals surface area contributed by atoms with Crippen molar-refractivity contribution in [3.63, 3.8) is 0 Å². The third-order valence-corrected chi connectivity index (χ3v) is 5.56. The third kappa shape index (κ3) is 2.23. The van der Waals surface area contributed by atoms with Gasteiger partial charge in [0.25, 0.3) is 0 Å². The lowest BCUT2D eigenvalue weighted by atomic mass is 9.72. The van der Waals surface area contributed by atoms with Gasteiger partial charge in [0, 0.05) is 22.7 Å². The zero-order chi connectivity index (χ0) is 18.6. The van der Waals surface area contributed by atoms with E-state index in [1.807, 2.05) is 36.4 Å². The number of carbonyl (C=O) groups is 2. The van der Waals surface area contributed by atoms with Gasteiger partial charge in [0.05, 0.1) is 12.7 Å². The summed E-state index contributed by atoms with van der Waals surface area (Å²) in [4.78, 5) is 27.8. The van der Waals surface area contributed by atoms with Gasteiger partial charge in [0.15, 0.2) is 0 Å². The lowest BCUT2D eigenvalue weighted by Crippen LogP contribution is -2.46. The first-order valence-electron chi connectivity index (χ1n) is 8.59. The Balaban J connectivity index is 1.67. The Bertz CT molecular complexity index is 1080. The largest absolute Gasteiger partial charge is 0.311 e. The first-order valence-corrected chi connectivity index (χ1v) is 8.97. The van der Waals surface area contributed by atoms with Gasteiger partial charge in [-0.3, -0.25) is 14.7 Å². The average Bonchev–Trinajstić information content (AvgIpc) is 3.22. The van der Waals surface area contributed by atoms with Gasteiger partial charge in [-0.2, -0.15) is 5.10 Å². The molecule has 3 heterocycles. The molecule has 2 aromatic carbocycles. The van der Waals surface area contributed by atoms with E-state index in [4.69, 9.17) is 11.6 Å².